The number of nitrogens with two attached hydrogens (primary N) is 1. The molecule has 0 saturated carbocycles. The van der Waals surface area contributed by atoms with Gasteiger partial charge in [0.15, 0.2) is 5.76 Å². The van der Waals surface area contributed by atoms with Crippen LogP contribution in [0.2, 0.25) is 0 Å². The summed E-state index contributed by atoms with van der Waals surface area (Å²) in [7, 11) is 0. The molecule has 0 aliphatic carbocycles. The van der Waals surface area contributed by atoms with Crippen molar-refractivity contribution in [3.05, 3.63) is 23.7 Å². The Hall–Kier alpha value is -1.82. The van der Waals surface area contributed by atoms with E-state index in [1.165, 1.54) is 6.07 Å². The van der Waals surface area contributed by atoms with E-state index in [-0.39, 0.29) is 24.8 Å². The maximum absolute atomic E-state index is 11.7. The molecule has 0 fully saturated rings. The summed E-state index contributed by atoms with van der Waals surface area (Å²) in [5.41, 5.74) is 5.38. The van der Waals surface area contributed by atoms with Gasteiger partial charge in [0.05, 0.1) is 12.5 Å². The summed E-state index contributed by atoms with van der Waals surface area (Å²) in [5.74, 6) is -1.000. The van der Waals surface area contributed by atoms with Gasteiger partial charge < -0.3 is 20.6 Å². The lowest BCUT2D eigenvalue weighted by atomic mass is 9.97. The van der Waals surface area contributed by atoms with Crippen LogP contribution in [0.1, 0.15) is 36.6 Å². The van der Waals surface area contributed by atoms with Crippen LogP contribution in [0.4, 0.5) is 0 Å². The van der Waals surface area contributed by atoms with E-state index in [2.05, 4.69) is 5.32 Å². The van der Waals surface area contributed by atoms with Crippen molar-refractivity contribution in [2.45, 2.75) is 26.8 Å². The van der Waals surface area contributed by atoms with Gasteiger partial charge in [0.1, 0.15) is 5.76 Å². The molecule has 0 saturated heterocycles. The Kier molecular flexibility index (Phi) is 5.57. The van der Waals surface area contributed by atoms with E-state index in [0.29, 0.717) is 12.2 Å². The van der Waals surface area contributed by atoms with Gasteiger partial charge in [-0.2, -0.15) is 0 Å². The van der Waals surface area contributed by atoms with E-state index >= 15 is 0 Å². The van der Waals surface area contributed by atoms with Gasteiger partial charge >= 0.3 is 5.97 Å². The highest BCUT2D eigenvalue weighted by atomic mass is 16.4. The minimum absolute atomic E-state index is 0.0883. The van der Waals surface area contributed by atoms with Gasteiger partial charge in [-0.1, -0.05) is 13.8 Å². The van der Waals surface area contributed by atoms with Crippen LogP contribution in [-0.4, -0.2) is 23.5 Å². The topological polar surface area (TPSA) is 106 Å². The van der Waals surface area contributed by atoms with Gasteiger partial charge in [0.25, 0.3) is 5.91 Å². The first kappa shape index (κ1) is 15.2. The zero-order valence-electron chi connectivity index (χ0n) is 11.2. The molecule has 1 amide bonds. The molecule has 0 aliphatic heterocycles. The molecule has 4 N–H and O–H groups in total. The lowest BCUT2D eigenvalue weighted by Gasteiger charge is -2.14. The number of rotatable bonds is 7. The molecule has 0 bridgehead atoms. The summed E-state index contributed by atoms with van der Waals surface area (Å²) < 4.78 is 5.18. The molecule has 1 atom stereocenters. The normalized spacial score (nSPS) is 12.4. The van der Waals surface area contributed by atoms with Crippen molar-refractivity contribution in [3.63, 3.8) is 0 Å². The highest BCUT2D eigenvalue weighted by Crippen LogP contribution is 2.12. The van der Waals surface area contributed by atoms with Gasteiger partial charge in [-0.15, -0.1) is 0 Å². The number of carbonyl (C=O) groups excluding carboxylic acids is 1. The standard InChI is InChI=1S/C13H20N2O4/c1-8(2)5-9(13(17)18)7-15-12(16)11-4-3-10(6-14)19-11/h3-4,8-9H,5-7,14H2,1-2H3,(H,15,16)(H,17,18). The third kappa shape index (κ3) is 4.75. The largest absolute Gasteiger partial charge is 0.481 e. The second kappa shape index (κ2) is 6.94. The van der Waals surface area contributed by atoms with Crippen LogP contribution in [0.25, 0.3) is 0 Å². The Morgan fingerprint density at radius 3 is 2.58 bits per heavy atom. The molecule has 0 aliphatic rings. The zero-order valence-corrected chi connectivity index (χ0v) is 11.2. The first-order chi connectivity index (χ1) is 8.93. The van der Waals surface area contributed by atoms with Crippen LogP contribution in [0.5, 0.6) is 0 Å². The molecule has 1 aromatic heterocycles. The summed E-state index contributed by atoms with van der Waals surface area (Å²) in [6, 6.07) is 3.15. The third-order valence-corrected chi connectivity index (χ3v) is 2.70. The number of nitrogens with one attached hydrogen (secondary N) is 1. The van der Waals surface area contributed by atoms with E-state index in [1.807, 2.05) is 13.8 Å². The minimum Gasteiger partial charge on any atom is -0.481 e. The monoisotopic (exact) mass is 268 g/mol. The predicted octanol–water partition coefficient (Wildman–Crippen LogP) is 1.22. The number of hydrogen-bond donors (Lipinski definition) is 3. The summed E-state index contributed by atoms with van der Waals surface area (Å²) in [6.07, 6.45) is 0.516. The number of carboxylic acid groups (broad SMARTS) is 1. The molecule has 19 heavy (non-hydrogen) atoms. The number of furan rings is 1. The average Bonchev–Trinajstić information content (AvgIpc) is 2.82. The van der Waals surface area contributed by atoms with E-state index in [1.54, 1.807) is 6.07 Å². The van der Waals surface area contributed by atoms with Crippen molar-refractivity contribution >= 4 is 11.9 Å². The van der Waals surface area contributed by atoms with Crippen LogP contribution < -0.4 is 11.1 Å². The molecular weight excluding hydrogens is 248 g/mol. The molecule has 6 heteroatoms. The highest BCUT2D eigenvalue weighted by molar-refractivity contribution is 5.91. The third-order valence-electron chi connectivity index (χ3n) is 2.70. The molecule has 6 nitrogen and oxygen atoms in total. The van der Waals surface area contributed by atoms with Crippen LogP contribution >= 0.6 is 0 Å². The molecule has 0 aromatic carbocycles. The first-order valence-corrected chi connectivity index (χ1v) is 6.23. The first-order valence-electron chi connectivity index (χ1n) is 6.23. The van der Waals surface area contributed by atoms with E-state index < -0.39 is 17.8 Å². The summed E-state index contributed by atoms with van der Waals surface area (Å²) in [6.45, 7) is 4.19. The van der Waals surface area contributed by atoms with Gasteiger partial charge in [-0.05, 0) is 24.5 Å². The van der Waals surface area contributed by atoms with Crippen molar-refractivity contribution in [2.24, 2.45) is 17.6 Å². The van der Waals surface area contributed by atoms with E-state index in [4.69, 9.17) is 15.3 Å². The number of carboxylic acids is 1. The van der Waals surface area contributed by atoms with Crippen molar-refractivity contribution in [1.29, 1.82) is 0 Å². The van der Waals surface area contributed by atoms with Gasteiger partial charge in [0, 0.05) is 6.54 Å². The van der Waals surface area contributed by atoms with Crippen molar-refractivity contribution < 1.29 is 19.1 Å². The fourth-order valence-corrected chi connectivity index (χ4v) is 1.75. The van der Waals surface area contributed by atoms with Crippen molar-refractivity contribution in [2.75, 3.05) is 6.54 Å². The van der Waals surface area contributed by atoms with Crippen LogP contribution in [0, 0.1) is 11.8 Å². The van der Waals surface area contributed by atoms with Crippen LogP contribution in [0.15, 0.2) is 16.5 Å². The maximum atomic E-state index is 11.7. The average molecular weight is 268 g/mol. The van der Waals surface area contributed by atoms with Crippen LogP contribution in [0.3, 0.4) is 0 Å². The minimum atomic E-state index is -0.906. The Bertz CT molecular complexity index is 440. The molecule has 106 valence electrons. The number of amides is 1. The molecule has 1 aromatic rings. The van der Waals surface area contributed by atoms with E-state index in [0.717, 1.165) is 0 Å². The lowest BCUT2D eigenvalue weighted by Crippen LogP contribution is -2.33. The molecule has 1 heterocycles. The molecule has 1 rings (SSSR count). The van der Waals surface area contributed by atoms with Gasteiger partial charge in [-0.25, -0.2) is 0 Å². The maximum Gasteiger partial charge on any atom is 0.308 e. The Morgan fingerprint density at radius 1 is 1.42 bits per heavy atom. The number of hydrogen-bond acceptors (Lipinski definition) is 4. The van der Waals surface area contributed by atoms with Crippen LogP contribution in [-0.2, 0) is 11.3 Å². The smallest absolute Gasteiger partial charge is 0.308 e. The second-order valence-corrected chi connectivity index (χ2v) is 4.84. The van der Waals surface area contributed by atoms with Crippen molar-refractivity contribution in [3.8, 4) is 0 Å². The number of aliphatic carboxylic acids is 1. The lowest BCUT2D eigenvalue weighted by molar-refractivity contribution is -0.142. The van der Waals surface area contributed by atoms with Gasteiger partial charge in [0.2, 0.25) is 0 Å². The summed E-state index contributed by atoms with van der Waals surface area (Å²) >= 11 is 0. The highest BCUT2D eigenvalue weighted by Gasteiger charge is 2.20. The quantitative estimate of drug-likeness (QED) is 0.689. The molecule has 0 radical (unpaired) electrons. The Morgan fingerprint density at radius 2 is 2.11 bits per heavy atom. The Labute approximate surface area is 112 Å². The zero-order chi connectivity index (χ0) is 14.4. The predicted molar refractivity (Wildman–Crippen MR) is 69.5 cm³/mol. The summed E-state index contributed by atoms with van der Waals surface area (Å²) in [4.78, 5) is 22.8. The molecule has 0 spiro atoms. The fourth-order valence-electron chi connectivity index (χ4n) is 1.75. The summed E-state index contributed by atoms with van der Waals surface area (Å²) in [5, 5.41) is 11.6. The van der Waals surface area contributed by atoms with Crippen molar-refractivity contribution in [1.82, 2.24) is 5.32 Å². The molecule has 1 unspecified atom stereocenters. The Balaban J connectivity index is 2.54. The fraction of sp³-hybridized carbons (Fsp3) is 0.538. The second-order valence-electron chi connectivity index (χ2n) is 4.84. The molecular formula is C13H20N2O4. The number of carbonyl (C=O) groups is 2. The van der Waals surface area contributed by atoms with E-state index in [9.17, 15) is 9.59 Å². The SMILES string of the molecule is CC(C)CC(CNC(=O)c1ccc(CN)o1)C(=O)O. The van der Waals surface area contributed by atoms with Gasteiger partial charge in [-0.3, -0.25) is 9.59 Å².